The molecule has 1 aliphatic rings. The highest BCUT2D eigenvalue weighted by molar-refractivity contribution is 5.49. The molecule has 1 aliphatic heterocycles. The molecule has 2 heterocycles. The van der Waals surface area contributed by atoms with Crippen LogP contribution in [0.5, 0.6) is 0 Å². The molecule has 0 aliphatic carbocycles. The maximum Gasteiger partial charge on any atom is 0.428 e. The lowest BCUT2D eigenvalue weighted by molar-refractivity contribution is -0.677. The van der Waals surface area contributed by atoms with Crippen molar-refractivity contribution >= 4 is 11.6 Å². The van der Waals surface area contributed by atoms with Gasteiger partial charge in [-0.2, -0.15) is 4.85 Å². The first kappa shape index (κ1) is 14.3. The second-order valence-electron chi connectivity index (χ2n) is 5.30. The molecular formula is C14H17N5O3. The molecule has 0 saturated carbocycles. The van der Waals surface area contributed by atoms with Gasteiger partial charge in [0.05, 0.1) is 13.1 Å². The monoisotopic (exact) mass is 303 g/mol. The summed E-state index contributed by atoms with van der Waals surface area (Å²) in [7, 11) is 0. The summed E-state index contributed by atoms with van der Waals surface area (Å²) in [6.45, 7) is 1.28. The number of nitro groups is 1. The van der Waals surface area contributed by atoms with Gasteiger partial charge in [-0.15, -0.1) is 0 Å². The smallest absolute Gasteiger partial charge is 0.428 e. The highest BCUT2D eigenvalue weighted by Gasteiger charge is 2.32. The normalized spacial score (nSPS) is 15.5. The van der Waals surface area contributed by atoms with Crippen molar-refractivity contribution in [2.24, 2.45) is 0 Å². The topological polar surface area (TPSA) is 91.1 Å². The highest BCUT2D eigenvalue weighted by Crippen LogP contribution is 2.25. The first-order valence-electron chi connectivity index (χ1n) is 7.36. The van der Waals surface area contributed by atoms with Crippen LogP contribution in [-0.2, 0) is 0 Å². The molecule has 22 heavy (non-hydrogen) atoms. The Kier molecular flexibility index (Phi) is 3.90. The minimum atomic E-state index is -0.589. The number of benzene rings is 1. The third kappa shape index (κ3) is 2.59. The molecule has 8 nitrogen and oxygen atoms in total. The van der Waals surface area contributed by atoms with Crippen molar-refractivity contribution in [3.8, 4) is 5.69 Å². The Morgan fingerprint density at radius 3 is 2.32 bits per heavy atom. The molecule has 0 amide bonds. The van der Waals surface area contributed by atoms with E-state index < -0.39 is 4.92 Å². The third-order valence-electron chi connectivity index (χ3n) is 3.81. The van der Waals surface area contributed by atoms with Crippen molar-refractivity contribution in [1.29, 1.82) is 0 Å². The number of anilines is 1. The molecule has 1 aromatic heterocycles. The van der Waals surface area contributed by atoms with Gasteiger partial charge < -0.3 is 15.3 Å². The van der Waals surface area contributed by atoms with E-state index in [1.54, 1.807) is 29.2 Å². The third-order valence-corrected chi connectivity index (χ3v) is 3.81. The molecule has 0 radical (unpaired) electrons. The Balaban J connectivity index is 2.08. The predicted molar refractivity (Wildman–Crippen MR) is 79.9 cm³/mol. The van der Waals surface area contributed by atoms with E-state index in [-0.39, 0.29) is 11.6 Å². The summed E-state index contributed by atoms with van der Waals surface area (Å²) in [6.07, 6.45) is 4.01. The van der Waals surface area contributed by atoms with Crippen LogP contribution in [0, 0.1) is 15.3 Å². The number of rotatable bonds is 3. The Bertz CT molecular complexity index is 663. The van der Waals surface area contributed by atoms with Crippen LogP contribution in [0.1, 0.15) is 25.7 Å². The maximum atomic E-state index is 12.6. The number of hydrogen-bond donors (Lipinski definition) is 0. The van der Waals surface area contributed by atoms with Crippen LogP contribution in [0.15, 0.2) is 30.3 Å². The molecule has 1 fully saturated rings. The van der Waals surface area contributed by atoms with Crippen LogP contribution in [0.3, 0.4) is 0 Å². The summed E-state index contributed by atoms with van der Waals surface area (Å²) in [4.78, 5) is 14.1. The summed E-state index contributed by atoms with van der Waals surface area (Å²) in [5.41, 5.74) is 0.502. The lowest BCUT2D eigenvalue weighted by Crippen LogP contribution is -2.43. The lowest BCUT2D eigenvalue weighted by atomic mass is 10.2. The second kappa shape index (κ2) is 6.00. The molecule has 2 aromatic rings. The van der Waals surface area contributed by atoms with Crippen molar-refractivity contribution in [2.45, 2.75) is 25.7 Å². The second-order valence-corrected chi connectivity index (χ2v) is 5.30. The van der Waals surface area contributed by atoms with E-state index in [0.717, 1.165) is 30.5 Å². The Labute approximate surface area is 127 Å². The molecule has 116 valence electrons. The minimum absolute atomic E-state index is 0.0377. The molecule has 0 unspecified atom stereocenters. The minimum Gasteiger partial charge on any atom is -0.723 e. The number of nitrogens with zero attached hydrogens (tertiary/aromatic N) is 5. The molecule has 1 saturated heterocycles. The average molecular weight is 303 g/mol. The standard InChI is InChI=1S/C14H17N5O3/c20-18-14(16-10-6-1-2-7-11-16)13(19(21)22)15-17(18)12-8-4-3-5-9-12/h3-5,8-9H,1-2,6-7,10-11H2. The van der Waals surface area contributed by atoms with Crippen LogP contribution < -0.4 is 9.75 Å². The molecule has 0 atom stereocenters. The molecule has 1 aromatic carbocycles. The van der Waals surface area contributed by atoms with Gasteiger partial charge in [-0.1, -0.05) is 35.8 Å². The summed E-state index contributed by atoms with van der Waals surface area (Å²) < 4.78 is 0. The Morgan fingerprint density at radius 1 is 1.09 bits per heavy atom. The fourth-order valence-corrected chi connectivity index (χ4v) is 2.74. The molecule has 0 bridgehead atoms. The van der Waals surface area contributed by atoms with Crippen molar-refractivity contribution in [2.75, 3.05) is 18.0 Å². The van der Waals surface area contributed by atoms with E-state index in [0.29, 0.717) is 23.6 Å². The maximum absolute atomic E-state index is 12.6. The van der Waals surface area contributed by atoms with Crippen LogP contribution in [0.4, 0.5) is 11.6 Å². The fourth-order valence-electron chi connectivity index (χ4n) is 2.74. The largest absolute Gasteiger partial charge is 0.723 e. The fraction of sp³-hybridized carbons (Fsp3) is 0.429. The van der Waals surface area contributed by atoms with Gasteiger partial charge in [0.25, 0.3) is 0 Å². The zero-order valence-electron chi connectivity index (χ0n) is 12.1. The van der Waals surface area contributed by atoms with E-state index >= 15 is 0 Å². The molecular weight excluding hydrogens is 286 g/mol. The molecule has 3 rings (SSSR count). The van der Waals surface area contributed by atoms with Gasteiger partial charge in [-0.25, -0.2) is 0 Å². The first-order valence-corrected chi connectivity index (χ1v) is 7.36. The zero-order valence-corrected chi connectivity index (χ0v) is 12.1. The quantitative estimate of drug-likeness (QED) is 0.373. The Morgan fingerprint density at radius 2 is 1.73 bits per heavy atom. The van der Waals surface area contributed by atoms with Crippen molar-refractivity contribution in [3.05, 3.63) is 45.7 Å². The number of hydrogen-bond acceptors (Lipinski definition) is 5. The average Bonchev–Trinajstić information content (AvgIpc) is 2.71. The summed E-state index contributed by atoms with van der Waals surface area (Å²) in [6, 6.07) is 8.71. The first-order chi connectivity index (χ1) is 10.7. The van der Waals surface area contributed by atoms with Gasteiger partial charge in [0.2, 0.25) is 0 Å². The van der Waals surface area contributed by atoms with E-state index in [9.17, 15) is 15.3 Å². The molecule has 0 N–H and O–H groups in total. The van der Waals surface area contributed by atoms with Gasteiger partial charge in [0, 0.05) is 5.10 Å². The van der Waals surface area contributed by atoms with E-state index in [1.165, 1.54) is 0 Å². The molecule has 8 heteroatoms. The van der Waals surface area contributed by atoms with E-state index in [4.69, 9.17) is 0 Å². The molecule has 0 spiro atoms. The number of aromatic nitrogens is 3. The van der Waals surface area contributed by atoms with Gasteiger partial charge in [0.1, 0.15) is 5.69 Å². The summed E-state index contributed by atoms with van der Waals surface area (Å²) in [5.74, 6) is -0.350. The summed E-state index contributed by atoms with van der Waals surface area (Å²) >= 11 is 0. The predicted octanol–water partition coefficient (Wildman–Crippen LogP) is 1.79. The van der Waals surface area contributed by atoms with Gasteiger partial charge in [0.15, 0.2) is 0 Å². The van der Waals surface area contributed by atoms with Crippen LogP contribution in [0.2, 0.25) is 0 Å². The zero-order chi connectivity index (χ0) is 15.5. The van der Waals surface area contributed by atoms with Gasteiger partial charge in [-0.3, -0.25) is 4.90 Å². The highest BCUT2D eigenvalue weighted by atomic mass is 16.6. The number of para-hydroxylation sites is 1. The van der Waals surface area contributed by atoms with E-state index in [2.05, 4.69) is 5.10 Å². The van der Waals surface area contributed by atoms with Crippen molar-refractivity contribution in [3.63, 3.8) is 0 Å². The van der Waals surface area contributed by atoms with Crippen LogP contribution in [0.25, 0.3) is 5.69 Å². The van der Waals surface area contributed by atoms with Crippen molar-refractivity contribution < 1.29 is 9.77 Å². The van der Waals surface area contributed by atoms with Crippen LogP contribution >= 0.6 is 0 Å². The van der Waals surface area contributed by atoms with Gasteiger partial charge >= 0.3 is 11.6 Å². The SMILES string of the molecule is O=[N+]([O-])c1nn(-c2ccccc2)[n+]([O-])c1N1CCCCCC1. The van der Waals surface area contributed by atoms with E-state index in [1.807, 2.05) is 6.07 Å². The Hall–Kier alpha value is -2.64. The van der Waals surface area contributed by atoms with Crippen molar-refractivity contribution in [1.82, 2.24) is 9.90 Å². The van der Waals surface area contributed by atoms with Gasteiger partial charge in [-0.05, 0) is 29.9 Å². The van der Waals surface area contributed by atoms with Crippen LogP contribution in [-0.4, -0.2) is 27.9 Å². The summed E-state index contributed by atoms with van der Waals surface area (Å²) in [5, 5.41) is 27.8. The lowest BCUT2D eigenvalue weighted by Gasteiger charge is -2.18.